The van der Waals surface area contributed by atoms with Gasteiger partial charge >= 0.3 is 0 Å². The van der Waals surface area contributed by atoms with Gasteiger partial charge in [-0.3, -0.25) is 4.79 Å². The lowest BCUT2D eigenvalue weighted by Crippen LogP contribution is -2.47. The monoisotopic (exact) mass is 220 g/mol. The molecule has 1 amide bonds. The minimum Gasteiger partial charge on any atom is -0.391 e. The lowest BCUT2D eigenvalue weighted by Gasteiger charge is -2.21. The quantitative estimate of drug-likeness (QED) is 0.750. The molecule has 0 saturated carbocycles. The summed E-state index contributed by atoms with van der Waals surface area (Å²) in [7, 11) is 0. The Hall–Kier alpha value is -1.39. The van der Waals surface area contributed by atoms with Crippen molar-refractivity contribution in [1.29, 1.82) is 0 Å². The molecule has 1 aliphatic heterocycles. The summed E-state index contributed by atoms with van der Waals surface area (Å²) in [5.41, 5.74) is 7.96. The first-order chi connectivity index (χ1) is 7.59. The van der Waals surface area contributed by atoms with E-state index >= 15 is 0 Å². The average molecular weight is 220 g/mol. The fourth-order valence-corrected chi connectivity index (χ4v) is 1.91. The van der Waals surface area contributed by atoms with Crippen molar-refractivity contribution in [2.24, 2.45) is 5.73 Å². The molecule has 1 aliphatic rings. The highest BCUT2D eigenvalue weighted by molar-refractivity contribution is 5.82. The first kappa shape index (κ1) is 11.1. The van der Waals surface area contributed by atoms with Crippen LogP contribution < -0.4 is 5.73 Å². The molecular weight excluding hydrogens is 204 g/mol. The van der Waals surface area contributed by atoms with E-state index in [2.05, 4.69) is 0 Å². The Bertz CT molecular complexity index is 379. The molecule has 1 aromatic carbocycles. The third kappa shape index (κ3) is 1.94. The molecule has 0 saturated heterocycles. The van der Waals surface area contributed by atoms with Crippen LogP contribution in [0, 0.1) is 0 Å². The molecule has 0 spiro atoms. The summed E-state index contributed by atoms with van der Waals surface area (Å²) in [5.74, 6) is -0.189. The second-order valence-corrected chi connectivity index (χ2v) is 4.23. The maximum atomic E-state index is 11.9. The minimum absolute atomic E-state index is 0.189. The van der Waals surface area contributed by atoms with E-state index in [0.717, 1.165) is 11.1 Å². The van der Waals surface area contributed by atoms with Crippen molar-refractivity contribution < 1.29 is 9.90 Å². The van der Waals surface area contributed by atoms with Gasteiger partial charge in [0.25, 0.3) is 0 Å². The number of rotatable bonds is 2. The highest BCUT2D eigenvalue weighted by atomic mass is 16.3. The van der Waals surface area contributed by atoms with Crippen molar-refractivity contribution in [2.45, 2.75) is 32.2 Å². The molecule has 0 aromatic heterocycles. The summed E-state index contributed by atoms with van der Waals surface area (Å²) < 4.78 is 0. The lowest BCUT2D eigenvalue weighted by atomic mass is 10.1. The molecule has 86 valence electrons. The normalized spacial score (nSPS) is 18.1. The van der Waals surface area contributed by atoms with Crippen LogP contribution in [0.25, 0.3) is 0 Å². The molecule has 2 rings (SSSR count). The zero-order valence-electron chi connectivity index (χ0n) is 9.26. The first-order valence-corrected chi connectivity index (χ1v) is 5.39. The van der Waals surface area contributed by atoms with Gasteiger partial charge in [0.1, 0.15) is 6.04 Å². The maximum Gasteiger partial charge on any atom is 0.242 e. The Morgan fingerprint density at radius 1 is 1.38 bits per heavy atom. The molecule has 1 aromatic rings. The molecule has 2 atom stereocenters. The van der Waals surface area contributed by atoms with Crippen molar-refractivity contribution in [3.05, 3.63) is 35.4 Å². The van der Waals surface area contributed by atoms with Gasteiger partial charge in [0, 0.05) is 13.1 Å². The van der Waals surface area contributed by atoms with Crippen LogP contribution in [0.1, 0.15) is 18.1 Å². The predicted molar refractivity (Wildman–Crippen MR) is 60.4 cm³/mol. The zero-order valence-corrected chi connectivity index (χ0v) is 9.26. The van der Waals surface area contributed by atoms with Crippen LogP contribution in [0.2, 0.25) is 0 Å². The molecule has 1 heterocycles. The van der Waals surface area contributed by atoms with Gasteiger partial charge in [0.15, 0.2) is 0 Å². The van der Waals surface area contributed by atoms with Crippen LogP contribution in [0.4, 0.5) is 0 Å². The second kappa shape index (κ2) is 4.23. The van der Waals surface area contributed by atoms with E-state index in [-0.39, 0.29) is 5.91 Å². The molecule has 4 heteroatoms. The smallest absolute Gasteiger partial charge is 0.242 e. The Balaban J connectivity index is 2.09. The van der Waals surface area contributed by atoms with E-state index in [4.69, 9.17) is 5.73 Å². The summed E-state index contributed by atoms with van der Waals surface area (Å²) in [6.45, 7) is 2.72. The van der Waals surface area contributed by atoms with Crippen molar-refractivity contribution in [2.75, 3.05) is 0 Å². The number of hydrogen-bond acceptors (Lipinski definition) is 3. The van der Waals surface area contributed by atoms with Crippen molar-refractivity contribution in [1.82, 2.24) is 4.90 Å². The molecule has 16 heavy (non-hydrogen) atoms. The molecule has 0 fully saturated rings. The first-order valence-electron chi connectivity index (χ1n) is 5.39. The number of aliphatic hydroxyl groups is 1. The third-order valence-electron chi connectivity index (χ3n) is 2.96. The van der Waals surface area contributed by atoms with Crippen LogP contribution in [0.3, 0.4) is 0 Å². The number of nitrogens with two attached hydrogens (primary N) is 1. The topological polar surface area (TPSA) is 66.6 Å². The van der Waals surface area contributed by atoms with Gasteiger partial charge in [0.2, 0.25) is 5.91 Å². The zero-order chi connectivity index (χ0) is 11.7. The SMILES string of the molecule is C[C@H](O)[C@@H](N)C(=O)N1Cc2ccccc2C1. The standard InChI is InChI=1S/C12H16N2O2/c1-8(15)11(13)12(16)14-6-9-4-2-3-5-10(9)7-14/h2-5,8,11,15H,6-7,13H2,1H3/t8-,11+/m0/s1. The number of carbonyl (C=O) groups is 1. The summed E-state index contributed by atoms with van der Waals surface area (Å²) in [4.78, 5) is 13.6. The molecule has 0 bridgehead atoms. The van der Waals surface area contributed by atoms with Gasteiger partial charge in [-0.05, 0) is 18.1 Å². The van der Waals surface area contributed by atoms with Crippen molar-refractivity contribution in [3.63, 3.8) is 0 Å². The molecule has 4 nitrogen and oxygen atoms in total. The molecular formula is C12H16N2O2. The largest absolute Gasteiger partial charge is 0.391 e. The van der Waals surface area contributed by atoms with E-state index < -0.39 is 12.1 Å². The molecule has 0 aliphatic carbocycles. The van der Waals surface area contributed by atoms with E-state index in [1.54, 1.807) is 4.90 Å². The highest BCUT2D eigenvalue weighted by Gasteiger charge is 2.28. The lowest BCUT2D eigenvalue weighted by molar-refractivity contribution is -0.135. The van der Waals surface area contributed by atoms with Gasteiger partial charge in [-0.15, -0.1) is 0 Å². The fourth-order valence-electron chi connectivity index (χ4n) is 1.91. The Morgan fingerprint density at radius 2 is 1.88 bits per heavy atom. The minimum atomic E-state index is -0.825. The van der Waals surface area contributed by atoms with Gasteiger partial charge in [-0.1, -0.05) is 24.3 Å². The van der Waals surface area contributed by atoms with Gasteiger partial charge in [-0.25, -0.2) is 0 Å². The Kier molecular flexibility index (Phi) is 2.94. The van der Waals surface area contributed by atoms with E-state index in [1.807, 2.05) is 24.3 Å². The average Bonchev–Trinajstić information content (AvgIpc) is 2.70. The number of nitrogens with zero attached hydrogens (tertiary/aromatic N) is 1. The molecule has 3 N–H and O–H groups in total. The Labute approximate surface area is 94.7 Å². The summed E-state index contributed by atoms with van der Waals surface area (Å²) in [6.07, 6.45) is -0.809. The Morgan fingerprint density at radius 3 is 2.31 bits per heavy atom. The van der Waals surface area contributed by atoms with Crippen molar-refractivity contribution >= 4 is 5.91 Å². The van der Waals surface area contributed by atoms with Crippen LogP contribution in [0.5, 0.6) is 0 Å². The van der Waals surface area contributed by atoms with Gasteiger partial charge < -0.3 is 15.7 Å². The summed E-state index contributed by atoms with van der Waals surface area (Å²) >= 11 is 0. The number of fused-ring (bicyclic) bond motifs is 1. The van der Waals surface area contributed by atoms with E-state index in [0.29, 0.717) is 13.1 Å². The predicted octanol–water partition coefficient (Wildman–Crippen LogP) is 0.237. The molecule has 0 unspecified atom stereocenters. The molecule has 0 radical (unpaired) electrons. The van der Waals surface area contributed by atoms with Crippen LogP contribution in [-0.4, -0.2) is 28.1 Å². The van der Waals surface area contributed by atoms with E-state index in [1.165, 1.54) is 6.92 Å². The van der Waals surface area contributed by atoms with Crippen LogP contribution in [-0.2, 0) is 17.9 Å². The number of amides is 1. The second-order valence-electron chi connectivity index (χ2n) is 4.23. The van der Waals surface area contributed by atoms with E-state index in [9.17, 15) is 9.90 Å². The number of carbonyl (C=O) groups excluding carboxylic acids is 1. The highest BCUT2D eigenvalue weighted by Crippen LogP contribution is 2.22. The number of aliphatic hydroxyl groups excluding tert-OH is 1. The summed E-state index contributed by atoms with van der Waals surface area (Å²) in [6, 6.07) is 7.12. The third-order valence-corrected chi connectivity index (χ3v) is 2.96. The fraction of sp³-hybridized carbons (Fsp3) is 0.417. The van der Waals surface area contributed by atoms with Gasteiger partial charge in [-0.2, -0.15) is 0 Å². The van der Waals surface area contributed by atoms with Crippen molar-refractivity contribution in [3.8, 4) is 0 Å². The number of hydrogen-bond donors (Lipinski definition) is 2. The van der Waals surface area contributed by atoms with Crippen LogP contribution >= 0.6 is 0 Å². The van der Waals surface area contributed by atoms with Gasteiger partial charge in [0.05, 0.1) is 6.10 Å². The maximum absolute atomic E-state index is 11.9. The van der Waals surface area contributed by atoms with Crippen LogP contribution in [0.15, 0.2) is 24.3 Å². The number of benzene rings is 1. The summed E-state index contributed by atoms with van der Waals surface area (Å²) in [5, 5.41) is 9.30.